The van der Waals surface area contributed by atoms with Crippen molar-refractivity contribution in [1.29, 1.82) is 0 Å². The lowest BCUT2D eigenvalue weighted by Gasteiger charge is -2.07. The number of benzene rings is 2. The number of phenolic OH excluding ortho intramolecular Hbond substituents is 2. The molecule has 0 aliphatic carbocycles. The van der Waals surface area contributed by atoms with Crippen LogP contribution in [0.5, 0.6) is 17.2 Å². The number of hydrazone groups is 1. The van der Waals surface area contributed by atoms with E-state index >= 15 is 0 Å². The van der Waals surface area contributed by atoms with Gasteiger partial charge in [-0.3, -0.25) is 4.79 Å². The van der Waals surface area contributed by atoms with Gasteiger partial charge in [-0.1, -0.05) is 23.2 Å². The highest BCUT2D eigenvalue weighted by Gasteiger charge is 2.06. The van der Waals surface area contributed by atoms with Gasteiger partial charge in [0, 0.05) is 5.02 Å². The average Bonchev–Trinajstić information content (AvgIpc) is 2.50. The molecule has 8 heteroatoms. The van der Waals surface area contributed by atoms with Crippen LogP contribution >= 0.6 is 23.2 Å². The fourth-order valence-electron chi connectivity index (χ4n) is 1.57. The van der Waals surface area contributed by atoms with Gasteiger partial charge in [0.05, 0.1) is 11.2 Å². The van der Waals surface area contributed by atoms with E-state index in [2.05, 4.69) is 10.5 Å². The predicted octanol–water partition coefficient (Wildman–Crippen LogP) is 2.93. The molecule has 0 aliphatic heterocycles. The maximum Gasteiger partial charge on any atom is 0.277 e. The van der Waals surface area contributed by atoms with E-state index in [1.165, 1.54) is 30.5 Å². The molecule has 0 bridgehead atoms. The summed E-state index contributed by atoms with van der Waals surface area (Å²) in [5.41, 5.74) is 2.76. The number of rotatable bonds is 5. The number of aromatic hydroxyl groups is 2. The van der Waals surface area contributed by atoms with Crippen molar-refractivity contribution in [1.82, 2.24) is 5.43 Å². The maximum absolute atomic E-state index is 11.6. The van der Waals surface area contributed by atoms with Crippen molar-refractivity contribution in [2.24, 2.45) is 5.10 Å². The summed E-state index contributed by atoms with van der Waals surface area (Å²) >= 11 is 11.7. The predicted molar refractivity (Wildman–Crippen MR) is 87.5 cm³/mol. The van der Waals surface area contributed by atoms with Crippen molar-refractivity contribution < 1.29 is 19.7 Å². The van der Waals surface area contributed by atoms with E-state index in [0.29, 0.717) is 21.4 Å². The van der Waals surface area contributed by atoms with Crippen LogP contribution in [0.1, 0.15) is 5.56 Å². The van der Waals surface area contributed by atoms with E-state index in [1.54, 1.807) is 12.1 Å². The smallest absolute Gasteiger partial charge is 0.277 e. The van der Waals surface area contributed by atoms with Crippen LogP contribution < -0.4 is 10.2 Å². The molecule has 1 amide bonds. The topological polar surface area (TPSA) is 91.2 Å². The highest BCUT2D eigenvalue weighted by molar-refractivity contribution is 6.35. The van der Waals surface area contributed by atoms with E-state index in [9.17, 15) is 15.0 Å². The summed E-state index contributed by atoms with van der Waals surface area (Å²) in [5, 5.41) is 23.0. The number of hydrogen-bond acceptors (Lipinski definition) is 5. The standard InChI is InChI=1S/C15H12Cl2N2O4/c16-10-2-4-14(11(17)6-10)23-8-15(22)19-18-7-9-1-3-12(20)13(21)5-9/h1-7,20-21H,8H2,(H,19,22). The lowest BCUT2D eigenvalue weighted by Crippen LogP contribution is -2.24. The van der Waals surface area contributed by atoms with Gasteiger partial charge in [-0.2, -0.15) is 5.10 Å². The molecule has 2 aromatic carbocycles. The fraction of sp³-hybridized carbons (Fsp3) is 0.0667. The zero-order valence-corrected chi connectivity index (χ0v) is 13.2. The molecule has 6 nitrogen and oxygen atoms in total. The lowest BCUT2D eigenvalue weighted by molar-refractivity contribution is -0.123. The molecule has 0 saturated heterocycles. The molecule has 3 N–H and O–H groups in total. The van der Waals surface area contributed by atoms with E-state index in [1.807, 2.05) is 0 Å². The van der Waals surface area contributed by atoms with Crippen molar-refractivity contribution in [3.63, 3.8) is 0 Å². The van der Waals surface area contributed by atoms with Gasteiger partial charge in [-0.05, 0) is 42.0 Å². The second-order valence-electron chi connectivity index (χ2n) is 4.40. The minimum Gasteiger partial charge on any atom is -0.504 e. The molecule has 120 valence electrons. The van der Waals surface area contributed by atoms with Crippen molar-refractivity contribution in [2.75, 3.05) is 6.61 Å². The second-order valence-corrected chi connectivity index (χ2v) is 5.25. The number of hydrogen-bond donors (Lipinski definition) is 3. The zero-order valence-electron chi connectivity index (χ0n) is 11.7. The van der Waals surface area contributed by atoms with Gasteiger partial charge < -0.3 is 14.9 Å². The van der Waals surface area contributed by atoms with Crippen molar-refractivity contribution in [2.45, 2.75) is 0 Å². The van der Waals surface area contributed by atoms with Crippen LogP contribution in [0.15, 0.2) is 41.5 Å². The zero-order chi connectivity index (χ0) is 16.8. The molecule has 0 heterocycles. The molecule has 0 spiro atoms. The maximum atomic E-state index is 11.6. The fourth-order valence-corrected chi connectivity index (χ4v) is 2.03. The number of nitrogens with zero attached hydrogens (tertiary/aromatic N) is 1. The van der Waals surface area contributed by atoms with Gasteiger partial charge in [0.25, 0.3) is 5.91 Å². The molecular formula is C15H12Cl2N2O4. The largest absolute Gasteiger partial charge is 0.504 e. The third kappa shape index (κ3) is 5.05. The summed E-state index contributed by atoms with van der Waals surface area (Å²) in [6.45, 7) is -0.278. The number of phenols is 2. The molecule has 0 unspecified atom stereocenters. The van der Waals surface area contributed by atoms with Gasteiger partial charge in [0.2, 0.25) is 0 Å². The Morgan fingerprint density at radius 1 is 1.17 bits per heavy atom. The number of nitrogens with one attached hydrogen (secondary N) is 1. The molecule has 0 saturated carbocycles. The van der Waals surface area contributed by atoms with E-state index < -0.39 is 5.91 Å². The molecule has 2 aromatic rings. The Morgan fingerprint density at radius 2 is 1.96 bits per heavy atom. The van der Waals surface area contributed by atoms with Crippen LogP contribution in [0.25, 0.3) is 0 Å². The second kappa shape index (κ2) is 7.71. The first kappa shape index (κ1) is 16.9. The highest BCUT2D eigenvalue weighted by atomic mass is 35.5. The quantitative estimate of drug-likeness (QED) is 0.437. The Bertz CT molecular complexity index is 750. The first-order chi connectivity index (χ1) is 11.0. The molecular weight excluding hydrogens is 343 g/mol. The molecule has 23 heavy (non-hydrogen) atoms. The lowest BCUT2D eigenvalue weighted by atomic mass is 10.2. The van der Waals surface area contributed by atoms with Crippen LogP contribution in [0, 0.1) is 0 Å². The minimum atomic E-state index is -0.490. The van der Waals surface area contributed by atoms with Gasteiger partial charge in [0.15, 0.2) is 18.1 Å². The average molecular weight is 355 g/mol. The molecule has 0 aromatic heterocycles. The van der Waals surface area contributed by atoms with E-state index in [4.69, 9.17) is 27.9 Å². The number of ether oxygens (including phenoxy) is 1. The monoisotopic (exact) mass is 354 g/mol. The van der Waals surface area contributed by atoms with Crippen LogP contribution in [-0.4, -0.2) is 28.9 Å². The Morgan fingerprint density at radius 3 is 2.65 bits per heavy atom. The van der Waals surface area contributed by atoms with Crippen molar-refractivity contribution in [3.8, 4) is 17.2 Å². The van der Waals surface area contributed by atoms with Crippen LogP contribution in [0.3, 0.4) is 0 Å². The van der Waals surface area contributed by atoms with Crippen molar-refractivity contribution >= 4 is 35.3 Å². The van der Waals surface area contributed by atoms with Crippen LogP contribution in [0.4, 0.5) is 0 Å². The van der Waals surface area contributed by atoms with Gasteiger partial charge in [-0.25, -0.2) is 5.43 Å². The summed E-state index contributed by atoms with van der Waals surface area (Å²) in [6.07, 6.45) is 1.31. The number of amides is 1. The first-order valence-corrected chi connectivity index (χ1v) is 7.13. The summed E-state index contributed by atoms with van der Waals surface area (Å²) < 4.78 is 5.24. The minimum absolute atomic E-state index is 0.237. The Labute approximate surface area is 141 Å². The molecule has 2 rings (SSSR count). The molecule has 0 atom stereocenters. The summed E-state index contributed by atoms with van der Waals surface area (Å²) in [7, 11) is 0. The Balaban J connectivity index is 1.85. The van der Waals surface area contributed by atoms with E-state index in [0.717, 1.165) is 0 Å². The molecule has 0 fully saturated rings. The van der Waals surface area contributed by atoms with Crippen molar-refractivity contribution in [3.05, 3.63) is 52.0 Å². The summed E-state index contributed by atoms with van der Waals surface area (Å²) in [6, 6.07) is 8.79. The normalized spacial score (nSPS) is 10.7. The highest BCUT2D eigenvalue weighted by Crippen LogP contribution is 2.27. The third-order valence-corrected chi connectivity index (χ3v) is 3.19. The number of halogens is 2. The number of carbonyl (C=O) groups excluding carboxylic acids is 1. The van der Waals surface area contributed by atoms with Gasteiger partial charge in [-0.15, -0.1) is 0 Å². The summed E-state index contributed by atoms with van der Waals surface area (Å²) in [5.74, 6) is -0.672. The van der Waals surface area contributed by atoms with Gasteiger partial charge in [0.1, 0.15) is 5.75 Å². The van der Waals surface area contributed by atoms with Gasteiger partial charge >= 0.3 is 0 Å². The SMILES string of the molecule is O=C(COc1ccc(Cl)cc1Cl)NN=Cc1ccc(O)c(O)c1. The number of carbonyl (C=O) groups is 1. The Hall–Kier alpha value is -2.44. The van der Waals surface area contributed by atoms with Crippen LogP contribution in [-0.2, 0) is 4.79 Å². The first-order valence-electron chi connectivity index (χ1n) is 6.37. The van der Waals surface area contributed by atoms with Crippen LogP contribution in [0.2, 0.25) is 10.0 Å². The molecule has 0 radical (unpaired) electrons. The molecule has 0 aliphatic rings. The Kier molecular flexibility index (Phi) is 5.67. The van der Waals surface area contributed by atoms with E-state index in [-0.39, 0.29) is 18.1 Å². The summed E-state index contributed by atoms with van der Waals surface area (Å²) in [4.78, 5) is 11.6. The third-order valence-electron chi connectivity index (χ3n) is 2.66.